The molecule has 2 aliphatic heterocycles. The van der Waals surface area contributed by atoms with Gasteiger partial charge < -0.3 is 9.97 Å². The van der Waals surface area contributed by atoms with Crippen LogP contribution in [0.1, 0.15) is 22.8 Å². The Morgan fingerprint density at radius 3 is 2.03 bits per heavy atom. The van der Waals surface area contributed by atoms with E-state index in [1.807, 2.05) is 48.6 Å². The van der Waals surface area contributed by atoms with Gasteiger partial charge in [0, 0.05) is 16.6 Å². The Morgan fingerprint density at radius 2 is 1.25 bits per heavy atom. The average Bonchev–Trinajstić information content (AvgIpc) is 3.61. The number of benzene rings is 1. The molecule has 154 valence electrons. The van der Waals surface area contributed by atoms with E-state index in [1.54, 1.807) is 0 Å². The molecular formula is C26H16Br2N4. The van der Waals surface area contributed by atoms with Crippen LogP contribution in [0, 0.1) is 0 Å². The van der Waals surface area contributed by atoms with Gasteiger partial charge in [0.05, 0.1) is 42.8 Å². The Balaban J connectivity index is 1.77. The lowest BCUT2D eigenvalue weighted by molar-refractivity contribution is 1.29. The second-order valence-corrected chi connectivity index (χ2v) is 9.18. The van der Waals surface area contributed by atoms with E-state index in [1.165, 1.54) is 0 Å². The zero-order chi connectivity index (χ0) is 21.7. The molecule has 2 aliphatic rings. The van der Waals surface area contributed by atoms with Crippen LogP contribution in [0.15, 0.2) is 69.6 Å². The van der Waals surface area contributed by atoms with Gasteiger partial charge in [-0.1, -0.05) is 30.3 Å². The molecule has 1 aromatic carbocycles. The van der Waals surface area contributed by atoms with E-state index in [2.05, 4.69) is 78.2 Å². The van der Waals surface area contributed by atoms with E-state index in [0.29, 0.717) is 0 Å². The Kier molecular flexibility index (Phi) is 4.70. The number of fused-ring (bicyclic) bond motifs is 8. The highest BCUT2D eigenvalue weighted by Crippen LogP contribution is 2.33. The monoisotopic (exact) mass is 542 g/mol. The number of nitrogens with zero attached hydrogens (tertiary/aromatic N) is 2. The van der Waals surface area contributed by atoms with Gasteiger partial charge in [-0.15, -0.1) is 0 Å². The summed E-state index contributed by atoms with van der Waals surface area (Å²) in [4.78, 5) is 16.8. The number of aromatic nitrogens is 4. The van der Waals surface area contributed by atoms with Gasteiger partial charge in [0.1, 0.15) is 0 Å². The Labute approximate surface area is 201 Å². The lowest BCUT2D eigenvalue weighted by atomic mass is 10.0. The van der Waals surface area contributed by atoms with Crippen molar-refractivity contribution in [3.63, 3.8) is 0 Å². The number of aromatic amines is 2. The van der Waals surface area contributed by atoms with Crippen LogP contribution in [0.2, 0.25) is 0 Å². The summed E-state index contributed by atoms with van der Waals surface area (Å²) in [5.74, 6) is 0. The van der Waals surface area contributed by atoms with Gasteiger partial charge in [0.15, 0.2) is 0 Å². The molecule has 0 fully saturated rings. The highest BCUT2D eigenvalue weighted by atomic mass is 79.9. The maximum Gasteiger partial charge on any atom is 0.0801 e. The summed E-state index contributed by atoms with van der Waals surface area (Å²) in [6, 6.07) is 20.7. The molecule has 8 bridgehead atoms. The molecule has 0 saturated carbocycles. The molecule has 6 heteroatoms. The predicted octanol–water partition coefficient (Wildman–Crippen LogP) is 7.85. The molecule has 6 rings (SSSR count). The first-order valence-corrected chi connectivity index (χ1v) is 11.7. The molecule has 32 heavy (non-hydrogen) atoms. The lowest BCUT2D eigenvalue weighted by Gasteiger charge is -2.03. The Bertz CT molecular complexity index is 1590. The number of H-pyrrole nitrogens is 2. The smallest absolute Gasteiger partial charge is 0.0801 e. The highest BCUT2D eigenvalue weighted by molar-refractivity contribution is 9.11. The predicted molar refractivity (Wildman–Crippen MR) is 140 cm³/mol. The zero-order valence-electron chi connectivity index (χ0n) is 16.7. The SMILES string of the molecule is Brc1c2nc(cc3ccc([nH]3)c(-c3ccccc3)c3nc(c(Br)c4ccc1[nH]4)C=C3)C=C2. The molecule has 0 spiro atoms. The molecule has 0 amide bonds. The van der Waals surface area contributed by atoms with Gasteiger partial charge in [0.2, 0.25) is 0 Å². The molecule has 0 unspecified atom stereocenters. The van der Waals surface area contributed by atoms with E-state index in [0.717, 1.165) is 64.9 Å². The van der Waals surface area contributed by atoms with Crippen molar-refractivity contribution in [3.05, 3.63) is 92.4 Å². The topological polar surface area (TPSA) is 57.4 Å². The van der Waals surface area contributed by atoms with Crippen LogP contribution in [-0.2, 0) is 0 Å². The van der Waals surface area contributed by atoms with Crippen LogP contribution in [0.3, 0.4) is 0 Å². The number of hydrogen-bond donors (Lipinski definition) is 2. The fourth-order valence-electron chi connectivity index (χ4n) is 3.98. The van der Waals surface area contributed by atoms with E-state index in [9.17, 15) is 0 Å². The second kappa shape index (κ2) is 7.73. The summed E-state index contributed by atoms with van der Waals surface area (Å²) in [6.07, 6.45) is 8.15. The van der Waals surface area contributed by atoms with Crippen molar-refractivity contribution in [1.29, 1.82) is 0 Å². The van der Waals surface area contributed by atoms with Crippen molar-refractivity contribution in [1.82, 2.24) is 19.9 Å². The first-order valence-electron chi connectivity index (χ1n) is 10.2. The second-order valence-electron chi connectivity index (χ2n) is 7.60. The first kappa shape index (κ1) is 19.5. The standard InChI is InChI=1S/C26H16Br2N4/c27-25-20-9-7-17(30-20)14-16-6-8-18(29-16)24(15-4-2-1-3-5-15)19-10-11-21(31-19)26(28)23-13-12-22(25)32-23/h1-14,29,32H. The van der Waals surface area contributed by atoms with E-state index in [-0.39, 0.29) is 0 Å². The minimum Gasteiger partial charge on any atom is -0.355 e. The van der Waals surface area contributed by atoms with Crippen molar-refractivity contribution in [2.75, 3.05) is 0 Å². The van der Waals surface area contributed by atoms with Crippen molar-refractivity contribution in [3.8, 4) is 11.1 Å². The fraction of sp³-hybridized carbons (Fsp3) is 0. The first-order chi connectivity index (χ1) is 15.7. The van der Waals surface area contributed by atoms with Gasteiger partial charge in [0.25, 0.3) is 0 Å². The third kappa shape index (κ3) is 3.36. The van der Waals surface area contributed by atoms with Gasteiger partial charge >= 0.3 is 0 Å². The molecule has 4 nitrogen and oxygen atoms in total. The van der Waals surface area contributed by atoms with Gasteiger partial charge in [-0.2, -0.15) is 0 Å². The Morgan fingerprint density at radius 1 is 0.594 bits per heavy atom. The normalized spacial score (nSPS) is 12.4. The quantitative estimate of drug-likeness (QED) is 0.222. The summed E-state index contributed by atoms with van der Waals surface area (Å²) in [5, 5.41) is 0. The largest absolute Gasteiger partial charge is 0.355 e. The van der Waals surface area contributed by atoms with Crippen molar-refractivity contribution >= 4 is 78.2 Å². The molecular weight excluding hydrogens is 528 g/mol. The maximum absolute atomic E-state index is 4.97. The van der Waals surface area contributed by atoms with Crippen LogP contribution in [0.25, 0.3) is 57.5 Å². The summed E-state index contributed by atoms with van der Waals surface area (Å²) in [6.45, 7) is 0. The third-order valence-electron chi connectivity index (χ3n) is 5.51. The van der Waals surface area contributed by atoms with Crippen molar-refractivity contribution < 1.29 is 0 Å². The Hall–Kier alpha value is -3.22. The number of halogens is 2. The van der Waals surface area contributed by atoms with Crippen LogP contribution in [-0.4, -0.2) is 19.9 Å². The molecule has 0 aliphatic carbocycles. The summed E-state index contributed by atoms with van der Waals surface area (Å²) < 4.78 is 1.82. The van der Waals surface area contributed by atoms with Crippen LogP contribution < -0.4 is 0 Å². The van der Waals surface area contributed by atoms with Crippen LogP contribution in [0.5, 0.6) is 0 Å². The maximum atomic E-state index is 4.97. The number of hydrogen-bond acceptors (Lipinski definition) is 2. The summed E-state index contributed by atoms with van der Waals surface area (Å²) in [5.41, 5.74) is 9.64. The van der Waals surface area contributed by atoms with Crippen LogP contribution >= 0.6 is 31.9 Å². The lowest BCUT2D eigenvalue weighted by Crippen LogP contribution is -1.85. The van der Waals surface area contributed by atoms with E-state index < -0.39 is 0 Å². The summed E-state index contributed by atoms with van der Waals surface area (Å²) in [7, 11) is 0. The highest BCUT2D eigenvalue weighted by Gasteiger charge is 2.13. The zero-order valence-corrected chi connectivity index (χ0v) is 19.9. The molecule has 2 N–H and O–H groups in total. The minimum atomic E-state index is 0.872. The molecule has 5 heterocycles. The molecule has 0 radical (unpaired) electrons. The molecule has 4 aromatic rings. The number of nitrogens with one attached hydrogen (secondary N) is 2. The molecule has 3 aromatic heterocycles. The van der Waals surface area contributed by atoms with Gasteiger partial charge in [-0.3, -0.25) is 0 Å². The molecule has 0 saturated heterocycles. The third-order valence-corrected chi connectivity index (χ3v) is 7.18. The fourth-order valence-corrected chi connectivity index (χ4v) is 4.88. The van der Waals surface area contributed by atoms with Crippen molar-refractivity contribution in [2.24, 2.45) is 0 Å². The van der Waals surface area contributed by atoms with Crippen molar-refractivity contribution in [2.45, 2.75) is 0 Å². The van der Waals surface area contributed by atoms with E-state index >= 15 is 0 Å². The summed E-state index contributed by atoms with van der Waals surface area (Å²) >= 11 is 7.46. The molecule has 0 atom stereocenters. The number of rotatable bonds is 1. The van der Waals surface area contributed by atoms with Crippen LogP contribution in [0.4, 0.5) is 0 Å². The van der Waals surface area contributed by atoms with Gasteiger partial charge in [-0.25, -0.2) is 9.97 Å². The minimum absolute atomic E-state index is 0.872. The average molecular weight is 544 g/mol. The van der Waals surface area contributed by atoms with E-state index in [4.69, 9.17) is 9.97 Å². The van der Waals surface area contributed by atoms with Gasteiger partial charge in [-0.05, 0) is 92.1 Å².